The molecule has 208 valence electrons. The Labute approximate surface area is 230 Å². The largest absolute Gasteiger partial charge is 0.497 e. The summed E-state index contributed by atoms with van der Waals surface area (Å²) in [5.74, 6) is -0.311. The van der Waals surface area contributed by atoms with E-state index in [4.69, 9.17) is 9.47 Å². The van der Waals surface area contributed by atoms with Crippen molar-refractivity contribution in [3.05, 3.63) is 82.9 Å². The SMILES string of the molecule is CCCC(C)(C)Cc1cc(COc2cccc(C(CC(=O)O)C3CC3)c2)c(F)cc1-c1cc(OC)ccc1F. The smallest absolute Gasteiger partial charge is 0.303 e. The molecule has 0 saturated heterocycles. The highest BCUT2D eigenvalue weighted by molar-refractivity contribution is 5.70. The molecular weight excluding hydrogens is 498 g/mol. The van der Waals surface area contributed by atoms with E-state index in [9.17, 15) is 14.3 Å². The Hall–Kier alpha value is -3.41. The minimum atomic E-state index is -0.814. The summed E-state index contributed by atoms with van der Waals surface area (Å²) in [7, 11) is 1.52. The second-order valence-corrected chi connectivity index (χ2v) is 11.4. The molecule has 1 N–H and O–H groups in total. The fourth-order valence-electron chi connectivity index (χ4n) is 5.53. The zero-order valence-corrected chi connectivity index (χ0v) is 23.2. The summed E-state index contributed by atoms with van der Waals surface area (Å²) in [6.45, 7) is 6.47. The van der Waals surface area contributed by atoms with Crippen LogP contribution in [0, 0.1) is 23.0 Å². The van der Waals surface area contributed by atoms with Gasteiger partial charge in [0.1, 0.15) is 29.7 Å². The Morgan fingerprint density at radius 2 is 1.77 bits per heavy atom. The van der Waals surface area contributed by atoms with Crippen molar-refractivity contribution in [1.29, 1.82) is 0 Å². The molecule has 1 fully saturated rings. The lowest BCUT2D eigenvalue weighted by molar-refractivity contribution is -0.137. The number of halogens is 2. The number of carboxylic acids is 1. The van der Waals surface area contributed by atoms with Gasteiger partial charge in [0.2, 0.25) is 0 Å². The van der Waals surface area contributed by atoms with E-state index >= 15 is 4.39 Å². The first kappa shape index (κ1) is 28.6. The maximum absolute atomic E-state index is 15.5. The summed E-state index contributed by atoms with van der Waals surface area (Å²) in [6, 6.07) is 15.2. The molecule has 0 radical (unpaired) electrons. The van der Waals surface area contributed by atoms with Crippen LogP contribution in [-0.2, 0) is 17.8 Å². The Morgan fingerprint density at radius 1 is 1.00 bits per heavy atom. The molecule has 0 amide bonds. The third-order valence-electron chi connectivity index (χ3n) is 7.60. The molecule has 0 bridgehead atoms. The zero-order valence-electron chi connectivity index (χ0n) is 23.2. The van der Waals surface area contributed by atoms with E-state index in [1.54, 1.807) is 24.3 Å². The third-order valence-corrected chi connectivity index (χ3v) is 7.60. The van der Waals surface area contributed by atoms with E-state index in [1.807, 2.05) is 18.2 Å². The highest BCUT2D eigenvalue weighted by atomic mass is 19.1. The number of benzene rings is 3. The summed E-state index contributed by atoms with van der Waals surface area (Å²) in [5.41, 5.74) is 2.93. The van der Waals surface area contributed by atoms with Gasteiger partial charge in [0.05, 0.1) is 13.5 Å². The Morgan fingerprint density at radius 3 is 2.44 bits per heavy atom. The summed E-state index contributed by atoms with van der Waals surface area (Å²) in [5, 5.41) is 9.36. The van der Waals surface area contributed by atoms with Crippen molar-refractivity contribution in [1.82, 2.24) is 0 Å². The molecule has 0 aromatic heterocycles. The zero-order chi connectivity index (χ0) is 28.2. The standard InChI is InChI=1S/C33H38F2O4/c1-5-13-33(2,3)19-23-14-24(31(35)17-28(23)29-16-25(38-4)11-12-30(29)34)20-39-26-8-6-7-22(15-26)27(18-32(36)37)21-9-10-21/h6-8,11-12,14-17,21,27H,5,9-10,13,18-20H2,1-4H3,(H,36,37). The maximum Gasteiger partial charge on any atom is 0.303 e. The predicted octanol–water partition coefficient (Wildman–Crippen LogP) is 8.56. The first-order valence-corrected chi connectivity index (χ1v) is 13.7. The quantitative estimate of drug-likeness (QED) is 0.238. The Balaban J connectivity index is 1.64. The van der Waals surface area contributed by atoms with Crippen LogP contribution < -0.4 is 9.47 Å². The van der Waals surface area contributed by atoms with Crippen LogP contribution in [-0.4, -0.2) is 18.2 Å². The molecule has 0 spiro atoms. The number of hydrogen-bond donors (Lipinski definition) is 1. The van der Waals surface area contributed by atoms with E-state index in [0.29, 0.717) is 40.5 Å². The van der Waals surface area contributed by atoms with Crippen molar-refractivity contribution < 1.29 is 28.2 Å². The minimum Gasteiger partial charge on any atom is -0.497 e. The number of carbonyl (C=O) groups is 1. The third kappa shape index (κ3) is 7.37. The molecule has 4 rings (SSSR count). The van der Waals surface area contributed by atoms with E-state index in [0.717, 1.165) is 36.8 Å². The average Bonchev–Trinajstić information content (AvgIpc) is 3.73. The van der Waals surface area contributed by atoms with Crippen LogP contribution in [0.2, 0.25) is 0 Å². The Bertz CT molecular complexity index is 1310. The van der Waals surface area contributed by atoms with Crippen LogP contribution in [0.15, 0.2) is 54.6 Å². The molecule has 6 heteroatoms. The van der Waals surface area contributed by atoms with Crippen LogP contribution in [0.4, 0.5) is 8.78 Å². The molecule has 4 nitrogen and oxygen atoms in total. The lowest BCUT2D eigenvalue weighted by Crippen LogP contribution is -2.16. The van der Waals surface area contributed by atoms with Crippen LogP contribution in [0.5, 0.6) is 11.5 Å². The van der Waals surface area contributed by atoms with Gasteiger partial charge in [-0.25, -0.2) is 8.78 Å². The van der Waals surface area contributed by atoms with Crippen molar-refractivity contribution in [2.45, 2.75) is 71.8 Å². The van der Waals surface area contributed by atoms with E-state index in [2.05, 4.69) is 20.8 Å². The van der Waals surface area contributed by atoms with Gasteiger partial charge in [-0.15, -0.1) is 0 Å². The normalized spacial score (nSPS) is 14.2. The number of hydrogen-bond acceptors (Lipinski definition) is 3. The molecular formula is C33H38F2O4. The summed E-state index contributed by atoms with van der Waals surface area (Å²) in [4.78, 5) is 11.4. The van der Waals surface area contributed by atoms with Gasteiger partial charge in [-0.1, -0.05) is 39.3 Å². The van der Waals surface area contributed by atoms with Gasteiger partial charge in [0.25, 0.3) is 0 Å². The van der Waals surface area contributed by atoms with Gasteiger partial charge in [-0.3, -0.25) is 4.79 Å². The van der Waals surface area contributed by atoms with E-state index in [-0.39, 0.29) is 24.4 Å². The highest BCUT2D eigenvalue weighted by Gasteiger charge is 2.34. The molecule has 3 aromatic rings. The lowest BCUT2D eigenvalue weighted by Gasteiger charge is -2.26. The molecule has 0 aliphatic heterocycles. The number of rotatable bonds is 13. The molecule has 0 heterocycles. The topological polar surface area (TPSA) is 55.8 Å². The predicted molar refractivity (Wildman–Crippen MR) is 149 cm³/mol. The molecule has 1 unspecified atom stereocenters. The maximum atomic E-state index is 15.5. The number of carboxylic acid groups (broad SMARTS) is 1. The average molecular weight is 537 g/mol. The molecule has 3 aromatic carbocycles. The van der Waals surface area contributed by atoms with Crippen molar-refractivity contribution in [2.75, 3.05) is 7.11 Å². The first-order valence-electron chi connectivity index (χ1n) is 13.7. The van der Waals surface area contributed by atoms with Gasteiger partial charge < -0.3 is 14.6 Å². The van der Waals surface area contributed by atoms with Crippen LogP contribution in [0.25, 0.3) is 11.1 Å². The summed E-state index contributed by atoms with van der Waals surface area (Å²) >= 11 is 0. The molecule has 1 aliphatic rings. The second-order valence-electron chi connectivity index (χ2n) is 11.4. The van der Waals surface area contributed by atoms with E-state index < -0.39 is 17.6 Å². The minimum absolute atomic E-state index is 0.00436. The molecule has 1 atom stereocenters. The van der Waals surface area contributed by atoms with Gasteiger partial charge in [-0.05, 0) is 102 Å². The molecule has 39 heavy (non-hydrogen) atoms. The Kier molecular flexibility index (Phi) is 8.94. The fraction of sp³-hybridized carbons (Fsp3) is 0.424. The fourth-order valence-corrected chi connectivity index (χ4v) is 5.53. The summed E-state index contributed by atoms with van der Waals surface area (Å²) < 4.78 is 41.8. The lowest BCUT2D eigenvalue weighted by atomic mass is 9.79. The van der Waals surface area contributed by atoms with Gasteiger partial charge in [0, 0.05) is 11.1 Å². The molecule has 1 saturated carbocycles. The first-order chi connectivity index (χ1) is 18.6. The van der Waals surface area contributed by atoms with Gasteiger partial charge in [-0.2, -0.15) is 0 Å². The highest BCUT2D eigenvalue weighted by Crippen LogP contribution is 2.45. The number of methoxy groups -OCH3 is 1. The van der Waals surface area contributed by atoms with Crippen LogP contribution in [0.3, 0.4) is 0 Å². The van der Waals surface area contributed by atoms with Crippen molar-refractivity contribution in [3.8, 4) is 22.6 Å². The number of aliphatic carboxylic acids is 1. The molecule has 1 aliphatic carbocycles. The second kappa shape index (κ2) is 12.2. The van der Waals surface area contributed by atoms with Crippen molar-refractivity contribution in [3.63, 3.8) is 0 Å². The number of ether oxygens (including phenoxy) is 2. The monoisotopic (exact) mass is 536 g/mol. The van der Waals surface area contributed by atoms with Crippen molar-refractivity contribution in [2.24, 2.45) is 11.3 Å². The van der Waals surface area contributed by atoms with E-state index in [1.165, 1.54) is 19.2 Å². The van der Waals surface area contributed by atoms with Gasteiger partial charge >= 0.3 is 5.97 Å². The van der Waals surface area contributed by atoms with Crippen LogP contribution >= 0.6 is 0 Å². The van der Waals surface area contributed by atoms with Crippen molar-refractivity contribution >= 4 is 5.97 Å². The van der Waals surface area contributed by atoms with Gasteiger partial charge in [0.15, 0.2) is 0 Å². The van der Waals surface area contributed by atoms with Crippen LogP contribution in [0.1, 0.15) is 75.5 Å². The summed E-state index contributed by atoms with van der Waals surface area (Å²) in [6.07, 6.45) is 4.78.